The van der Waals surface area contributed by atoms with Crippen molar-refractivity contribution in [2.75, 3.05) is 11.1 Å². The molecule has 25 heavy (non-hydrogen) atoms. The van der Waals surface area contributed by atoms with E-state index >= 15 is 0 Å². The van der Waals surface area contributed by atoms with Gasteiger partial charge < -0.3 is 10.6 Å². The van der Waals surface area contributed by atoms with Gasteiger partial charge in [-0.3, -0.25) is 4.79 Å². The minimum atomic E-state index is -0.682. The fourth-order valence-corrected chi connectivity index (χ4v) is 4.44. The van der Waals surface area contributed by atoms with Crippen molar-refractivity contribution in [1.29, 1.82) is 5.26 Å². The van der Waals surface area contributed by atoms with Gasteiger partial charge in [0.2, 0.25) is 11.0 Å². The largest absolute Gasteiger partial charge is 0.337 e. The van der Waals surface area contributed by atoms with E-state index in [0.717, 1.165) is 31.4 Å². The molecule has 1 aromatic heterocycles. The maximum atomic E-state index is 12.1. The number of hydrogen-bond acceptors (Lipinski definition) is 7. The first kappa shape index (κ1) is 18.0. The zero-order valence-electron chi connectivity index (χ0n) is 13.3. The number of nitriles is 1. The van der Waals surface area contributed by atoms with E-state index in [0.29, 0.717) is 14.5 Å². The van der Waals surface area contributed by atoms with E-state index in [1.807, 2.05) is 12.1 Å². The van der Waals surface area contributed by atoms with Crippen LogP contribution >= 0.6 is 34.7 Å². The van der Waals surface area contributed by atoms with E-state index in [1.54, 1.807) is 12.1 Å². The summed E-state index contributed by atoms with van der Waals surface area (Å²) in [5, 5.41) is 24.7. The van der Waals surface area contributed by atoms with Crippen LogP contribution in [0.4, 0.5) is 10.8 Å². The lowest BCUT2D eigenvalue weighted by Crippen LogP contribution is -2.45. The van der Waals surface area contributed by atoms with E-state index in [4.69, 9.17) is 11.6 Å². The fourth-order valence-electron chi connectivity index (χ4n) is 2.68. The zero-order valence-corrected chi connectivity index (χ0v) is 15.7. The number of anilines is 2. The van der Waals surface area contributed by atoms with E-state index < -0.39 is 5.54 Å². The molecule has 1 heterocycles. The van der Waals surface area contributed by atoms with Gasteiger partial charge in [0, 0.05) is 10.7 Å². The van der Waals surface area contributed by atoms with Crippen molar-refractivity contribution in [2.45, 2.75) is 35.6 Å². The minimum absolute atomic E-state index is 0.145. The fraction of sp³-hybridized carbons (Fsp3) is 0.375. The van der Waals surface area contributed by atoms with Gasteiger partial charge in [0.15, 0.2) is 4.34 Å². The summed E-state index contributed by atoms with van der Waals surface area (Å²) in [7, 11) is 0. The lowest BCUT2D eigenvalue weighted by molar-refractivity contribution is -0.119. The Kier molecular flexibility index (Phi) is 5.78. The Hall–Kier alpha value is -1.82. The number of rotatable bonds is 6. The number of amides is 1. The SMILES string of the molecule is N#CC1(NC(=O)CSc2nnc(Nc3cccc(Cl)c3)s2)CCCC1. The van der Waals surface area contributed by atoms with E-state index in [2.05, 4.69) is 26.9 Å². The number of nitrogens with zero attached hydrogens (tertiary/aromatic N) is 3. The number of aromatic nitrogens is 2. The second-order valence-electron chi connectivity index (χ2n) is 5.75. The molecule has 0 radical (unpaired) electrons. The Bertz CT molecular complexity index is 798. The van der Waals surface area contributed by atoms with Gasteiger partial charge in [-0.2, -0.15) is 5.26 Å². The van der Waals surface area contributed by atoms with Crippen molar-refractivity contribution in [3.63, 3.8) is 0 Å². The molecule has 0 saturated heterocycles. The maximum absolute atomic E-state index is 12.1. The molecule has 1 amide bonds. The molecule has 9 heteroatoms. The Balaban J connectivity index is 1.51. The first-order valence-corrected chi connectivity index (χ1v) is 9.98. The van der Waals surface area contributed by atoms with Crippen LogP contribution in [0.1, 0.15) is 25.7 Å². The van der Waals surface area contributed by atoms with Crippen LogP contribution in [0.25, 0.3) is 0 Å². The van der Waals surface area contributed by atoms with Crippen molar-refractivity contribution in [2.24, 2.45) is 0 Å². The number of thioether (sulfide) groups is 1. The van der Waals surface area contributed by atoms with Gasteiger partial charge >= 0.3 is 0 Å². The average molecular weight is 394 g/mol. The van der Waals surface area contributed by atoms with Crippen LogP contribution in [0.5, 0.6) is 0 Å². The highest BCUT2D eigenvalue weighted by atomic mass is 35.5. The number of benzene rings is 1. The molecule has 0 spiro atoms. The summed E-state index contributed by atoms with van der Waals surface area (Å²) in [6, 6.07) is 9.58. The Morgan fingerprint density at radius 2 is 2.20 bits per heavy atom. The molecule has 130 valence electrons. The smallest absolute Gasteiger partial charge is 0.231 e. The van der Waals surface area contributed by atoms with Crippen LogP contribution in [-0.4, -0.2) is 27.4 Å². The topological polar surface area (TPSA) is 90.7 Å². The standard InChI is InChI=1S/C16H16ClN5OS2/c17-11-4-3-5-12(8-11)19-14-21-22-15(25-14)24-9-13(23)20-16(10-18)6-1-2-7-16/h3-5,8H,1-2,6-7,9H2,(H,19,21)(H,20,23). The molecule has 2 aromatic rings. The van der Waals surface area contributed by atoms with Gasteiger partial charge in [-0.15, -0.1) is 10.2 Å². The van der Waals surface area contributed by atoms with Crippen LogP contribution in [0, 0.1) is 11.3 Å². The van der Waals surface area contributed by atoms with Crippen LogP contribution in [0.3, 0.4) is 0 Å². The highest BCUT2D eigenvalue weighted by Gasteiger charge is 2.35. The predicted molar refractivity (Wildman–Crippen MR) is 100 cm³/mol. The van der Waals surface area contributed by atoms with Crippen molar-refractivity contribution < 1.29 is 4.79 Å². The molecule has 3 rings (SSSR count). The number of nitrogens with one attached hydrogen (secondary N) is 2. The number of halogens is 1. The first-order valence-electron chi connectivity index (χ1n) is 7.80. The molecule has 6 nitrogen and oxygen atoms in total. The number of carbonyl (C=O) groups excluding carboxylic acids is 1. The van der Waals surface area contributed by atoms with Crippen LogP contribution in [0.2, 0.25) is 5.02 Å². The number of carbonyl (C=O) groups is 1. The van der Waals surface area contributed by atoms with Crippen molar-refractivity contribution in [1.82, 2.24) is 15.5 Å². The van der Waals surface area contributed by atoms with Crippen LogP contribution in [-0.2, 0) is 4.79 Å². The highest BCUT2D eigenvalue weighted by Crippen LogP contribution is 2.30. The van der Waals surface area contributed by atoms with Crippen LogP contribution < -0.4 is 10.6 Å². The molecule has 1 aromatic carbocycles. The molecular formula is C16H16ClN5OS2. The van der Waals surface area contributed by atoms with Gasteiger partial charge in [-0.1, -0.05) is 40.8 Å². The van der Waals surface area contributed by atoms with Crippen molar-refractivity contribution >= 4 is 51.4 Å². The summed E-state index contributed by atoms with van der Waals surface area (Å²) in [6.07, 6.45) is 3.42. The third-order valence-corrected chi connectivity index (χ3v) is 6.07. The van der Waals surface area contributed by atoms with E-state index in [1.165, 1.54) is 23.1 Å². The Morgan fingerprint density at radius 1 is 1.40 bits per heavy atom. The summed E-state index contributed by atoms with van der Waals surface area (Å²) in [4.78, 5) is 12.1. The minimum Gasteiger partial charge on any atom is -0.337 e. The molecule has 0 bridgehead atoms. The molecule has 1 aliphatic rings. The third-order valence-electron chi connectivity index (χ3n) is 3.86. The molecule has 0 atom stereocenters. The van der Waals surface area contributed by atoms with Gasteiger partial charge in [0.1, 0.15) is 5.54 Å². The Morgan fingerprint density at radius 3 is 2.92 bits per heavy atom. The Labute approximate surface area is 159 Å². The first-order chi connectivity index (χ1) is 12.1. The molecular weight excluding hydrogens is 378 g/mol. The average Bonchev–Trinajstić information content (AvgIpc) is 3.23. The highest BCUT2D eigenvalue weighted by molar-refractivity contribution is 8.01. The van der Waals surface area contributed by atoms with E-state index in [-0.39, 0.29) is 11.7 Å². The van der Waals surface area contributed by atoms with Gasteiger partial charge in [0.05, 0.1) is 11.8 Å². The van der Waals surface area contributed by atoms with Gasteiger partial charge in [0.25, 0.3) is 0 Å². The second-order valence-corrected chi connectivity index (χ2v) is 8.38. The van der Waals surface area contributed by atoms with Crippen molar-refractivity contribution in [3.8, 4) is 6.07 Å². The lowest BCUT2D eigenvalue weighted by atomic mass is 10.0. The molecule has 1 aliphatic carbocycles. The molecule has 2 N–H and O–H groups in total. The molecule has 1 saturated carbocycles. The number of hydrogen-bond donors (Lipinski definition) is 2. The lowest BCUT2D eigenvalue weighted by Gasteiger charge is -2.21. The quantitative estimate of drug-likeness (QED) is 0.721. The third kappa shape index (κ3) is 4.84. The molecule has 0 unspecified atom stereocenters. The summed E-state index contributed by atoms with van der Waals surface area (Å²) in [5.74, 6) is 0.0721. The monoisotopic (exact) mass is 393 g/mol. The molecule has 1 fully saturated rings. The molecule has 0 aliphatic heterocycles. The summed E-state index contributed by atoms with van der Waals surface area (Å²) < 4.78 is 0.692. The zero-order chi connectivity index (χ0) is 17.7. The normalized spacial score (nSPS) is 15.5. The van der Waals surface area contributed by atoms with Gasteiger partial charge in [-0.05, 0) is 43.9 Å². The predicted octanol–water partition coefficient (Wildman–Crippen LogP) is 3.98. The second kappa shape index (κ2) is 8.04. The summed E-state index contributed by atoms with van der Waals surface area (Å²) >= 11 is 8.63. The summed E-state index contributed by atoms with van der Waals surface area (Å²) in [6.45, 7) is 0. The van der Waals surface area contributed by atoms with E-state index in [9.17, 15) is 10.1 Å². The van der Waals surface area contributed by atoms with Gasteiger partial charge in [-0.25, -0.2) is 0 Å². The van der Waals surface area contributed by atoms with Crippen LogP contribution in [0.15, 0.2) is 28.6 Å². The summed E-state index contributed by atoms with van der Waals surface area (Å²) in [5.41, 5.74) is 0.146. The van der Waals surface area contributed by atoms with Crippen molar-refractivity contribution in [3.05, 3.63) is 29.3 Å². The maximum Gasteiger partial charge on any atom is 0.231 e.